The average molecular weight is 330 g/mol. The van der Waals surface area contributed by atoms with Crippen LogP contribution in [0.1, 0.15) is 22.9 Å². The van der Waals surface area contributed by atoms with Gasteiger partial charge in [0.2, 0.25) is 0 Å². The van der Waals surface area contributed by atoms with Crippen LogP contribution in [0.2, 0.25) is 0 Å². The standard InChI is InChI=1S/C17H16BrNO/c1-11-6-7-15-13(8-11)10-16(20-15)17(19-2)12-4-3-5-14(18)9-12/h3-10,17,19H,1-2H3. The van der Waals surface area contributed by atoms with Crippen LogP contribution in [0.25, 0.3) is 11.0 Å². The van der Waals surface area contributed by atoms with E-state index in [0.717, 1.165) is 21.2 Å². The van der Waals surface area contributed by atoms with E-state index in [1.54, 1.807) is 0 Å². The lowest BCUT2D eigenvalue weighted by Gasteiger charge is -2.14. The van der Waals surface area contributed by atoms with Crippen LogP contribution in [-0.2, 0) is 0 Å². The van der Waals surface area contributed by atoms with E-state index in [2.05, 4.69) is 58.5 Å². The van der Waals surface area contributed by atoms with Crippen molar-refractivity contribution in [3.8, 4) is 0 Å². The van der Waals surface area contributed by atoms with Crippen molar-refractivity contribution in [3.05, 3.63) is 69.9 Å². The summed E-state index contributed by atoms with van der Waals surface area (Å²) in [5.74, 6) is 0.936. The number of aryl methyl sites for hydroxylation is 1. The Morgan fingerprint density at radius 3 is 2.70 bits per heavy atom. The van der Waals surface area contributed by atoms with E-state index in [1.165, 1.54) is 11.1 Å². The molecule has 0 spiro atoms. The van der Waals surface area contributed by atoms with Gasteiger partial charge >= 0.3 is 0 Å². The Morgan fingerprint density at radius 2 is 1.95 bits per heavy atom. The van der Waals surface area contributed by atoms with Gasteiger partial charge in [-0.25, -0.2) is 0 Å². The van der Waals surface area contributed by atoms with Crippen molar-refractivity contribution in [1.29, 1.82) is 0 Å². The first-order chi connectivity index (χ1) is 9.67. The lowest BCUT2D eigenvalue weighted by atomic mass is 10.0. The quantitative estimate of drug-likeness (QED) is 0.745. The third-order valence-electron chi connectivity index (χ3n) is 3.45. The summed E-state index contributed by atoms with van der Waals surface area (Å²) in [4.78, 5) is 0. The molecule has 1 atom stereocenters. The Morgan fingerprint density at radius 1 is 1.10 bits per heavy atom. The molecule has 1 heterocycles. The first-order valence-corrected chi connectivity index (χ1v) is 7.39. The molecule has 3 aromatic rings. The van der Waals surface area contributed by atoms with Crippen LogP contribution in [0.15, 0.2) is 57.4 Å². The summed E-state index contributed by atoms with van der Waals surface area (Å²) >= 11 is 3.52. The minimum atomic E-state index is 0.0557. The molecule has 0 fully saturated rings. The minimum Gasteiger partial charge on any atom is -0.459 e. The Kier molecular flexibility index (Phi) is 3.64. The van der Waals surface area contributed by atoms with Crippen molar-refractivity contribution in [2.75, 3.05) is 7.05 Å². The maximum Gasteiger partial charge on any atom is 0.134 e. The monoisotopic (exact) mass is 329 g/mol. The zero-order chi connectivity index (χ0) is 14.1. The lowest BCUT2D eigenvalue weighted by molar-refractivity contribution is 0.491. The summed E-state index contributed by atoms with van der Waals surface area (Å²) < 4.78 is 7.06. The van der Waals surface area contributed by atoms with Gasteiger partial charge in [0.15, 0.2) is 0 Å². The zero-order valence-electron chi connectivity index (χ0n) is 11.5. The van der Waals surface area contributed by atoms with Crippen LogP contribution < -0.4 is 5.32 Å². The second-order valence-corrected chi connectivity index (χ2v) is 5.88. The van der Waals surface area contributed by atoms with Crippen molar-refractivity contribution < 1.29 is 4.42 Å². The highest BCUT2D eigenvalue weighted by Crippen LogP contribution is 2.29. The first-order valence-electron chi connectivity index (χ1n) is 6.60. The molecule has 2 aromatic carbocycles. The highest BCUT2D eigenvalue weighted by molar-refractivity contribution is 9.10. The zero-order valence-corrected chi connectivity index (χ0v) is 13.1. The molecule has 3 rings (SSSR count). The lowest BCUT2D eigenvalue weighted by Crippen LogP contribution is -2.16. The Bertz CT molecular complexity index is 748. The molecular formula is C17H16BrNO. The molecule has 0 amide bonds. The van der Waals surface area contributed by atoms with Gasteiger partial charge in [-0.3, -0.25) is 0 Å². The topological polar surface area (TPSA) is 25.2 Å². The molecule has 1 N–H and O–H groups in total. The van der Waals surface area contributed by atoms with Gasteiger partial charge in [-0.1, -0.05) is 39.7 Å². The van der Waals surface area contributed by atoms with Crippen molar-refractivity contribution in [3.63, 3.8) is 0 Å². The van der Waals surface area contributed by atoms with Crippen molar-refractivity contribution >= 4 is 26.9 Å². The smallest absolute Gasteiger partial charge is 0.134 e. The number of furan rings is 1. The van der Waals surface area contributed by atoms with E-state index in [0.29, 0.717) is 0 Å². The van der Waals surface area contributed by atoms with Gasteiger partial charge in [0.25, 0.3) is 0 Å². The summed E-state index contributed by atoms with van der Waals surface area (Å²) in [6, 6.07) is 16.7. The molecule has 1 unspecified atom stereocenters. The van der Waals surface area contributed by atoms with Crippen LogP contribution in [0, 0.1) is 6.92 Å². The van der Waals surface area contributed by atoms with E-state index >= 15 is 0 Å². The maximum atomic E-state index is 5.99. The molecule has 3 heteroatoms. The summed E-state index contributed by atoms with van der Waals surface area (Å²) in [5, 5.41) is 4.47. The van der Waals surface area contributed by atoms with E-state index in [-0.39, 0.29) is 6.04 Å². The predicted molar refractivity (Wildman–Crippen MR) is 86.0 cm³/mol. The van der Waals surface area contributed by atoms with Gasteiger partial charge in [-0.15, -0.1) is 0 Å². The number of benzene rings is 2. The van der Waals surface area contributed by atoms with Gasteiger partial charge in [0.05, 0.1) is 6.04 Å². The van der Waals surface area contributed by atoms with Gasteiger partial charge in [0.1, 0.15) is 11.3 Å². The molecule has 0 aliphatic carbocycles. The number of fused-ring (bicyclic) bond motifs is 1. The second kappa shape index (κ2) is 5.43. The second-order valence-electron chi connectivity index (χ2n) is 4.97. The fourth-order valence-corrected chi connectivity index (χ4v) is 2.90. The molecule has 0 bridgehead atoms. The Labute approximate surface area is 126 Å². The fourth-order valence-electron chi connectivity index (χ4n) is 2.48. The molecule has 0 saturated heterocycles. The first kappa shape index (κ1) is 13.4. The highest BCUT2D eigenvalue weighted by atomic mass is 79.9. The SMILES string of the molecule is CNC(c1cccc(Br)c1)c1cc2cc(C)ccc2o1. The number of halogens is 1. The minimum absolute atomic E-state index is 0.0557. The predicted octanol–water partition coefficient (Wildman–Crippen LogP) is 4.81. The molecule has 0 aliphatic rings. The number of nitrogens with one attached hydrogen (secondary N) is 1. The molecule has 20 heavy (non-hydrogen) atoms. The summed E-state index contributed by atoms with van der Waals surface area (Å²) in [7, 11) is 1.95. The molecule has 102 valence electrons. The molecule has 1 aromatic heterocycles. The van der Waals surface area contributed by atoms with E-state index in [9.17, 15) is 0 Å². The maximum absolute atomic E-state index is 5.99. The number of rotatable bonds is 3. The molecule has 0 aliphatic heterocycles. The number of hydrogen-bond donors (Lipinski definition) is 1. The van der Waals surface area contributed by atoms with Gasteiger partial charge in [-0.05, 0) is 49.9 Å². The van der Waals surface area contributed by atoms with Crippen LogP contribution in [-0.4, -0.2) is 7.05 Å². The van der Waals surface area contributed by atoms with E-state index in [1.807, 2.05) is 25.2 Å². The third-order valence-corrected chi connectivity index (χ3v) is 3.94. The highest BCUT2D eigenvalue weighted by Gasteiger charge is 2.17. The van der Waals surface area contributed by atoms with Crippen molar-refractivity contribution in [2.24, 2.45) is 0 Å². The average Bonchev–Trinajstić information content (AvgIpc) is 2.82. The molecule has 0 saturated carbocycles. The van der Waals surface area contributed by atoms with Crippen LogP contribution in [0.3, 0.4) is 0 Å². The molecule has 2 nitrogen and oxygen atoms in total. The fraction of sp³-hybridized carbons (Fsp3) is 0.176. The summed E-state index contributed by atoms with van der Waals surface area (Å²) in [6.07, 6.45) is 0. The molecular weight excluding hydrogens is 314 g/mol. The molecule has 0 radical (unpaired) electrons. The van der Waals surface area contributed by atoms with Gasteiger partial charge in [0, 0.05) is 9.86 Å². The largest absolute Gasteiger partial charge is 0.459 e. The van der Waals surface area contributed by atoms with Crippen LogP contribution in [0.4, 0.5) is 0 Å². The number of hydrogen-bond acceptors (Lipinski definition) is 2. The van der Waals surface area contributed by atoms with E-state index in [4.69, 9.17) is 4.42 Å². The summed E-state index contributed by atoms with van der Waals surface area (Å²) in [5.41, 5.74) is 3.35. The van der Waals surface area contributed by atoms with Crippen LogP contribution >= 0.6 is 15.9 Å². The van der Waals surface area contributed by atoms with Crippen LogP contribution in [0.5, 0.6) is 0 Å². The normalized spacial score (nSPS) is 12.8. The van der Waals surface area contributed by atoms with Gasteiger partial charge < -0.3 is 9.73 Å². The van der Waals surface area contributed by atoms with Crippen molar-refractivity contribution in [2.45, 2.75) is 13.0 Å². The Balaban J connectivity index is 2.07. The van der Waals surface area contributed by atoms with Crippen molar-refractivity contribution in [1.82, 2.24) is 5.32 Å². The third kappa shape index (κ3) is 2.51. The Hall–Kier alpha value is -1.58. The summed E-state index contributed by atoms with van der Waals surface area (Å²) in [6.45, 7) is 2.09. The van der Waals surface area contributed by atoms with E-state index < -0.39 is 0 Å². The van der Waals surface area contributed by atoms with Gasteiger partial charge in [-0.2, -0.15) is 0 Å².